The number of amides is 3. The third kappa shape index (κ3) is 8.45. The number of likely N-dealkylation sites (tertiary alicyclic amines) is 1. The van der Waals surface area contributed by atoms with E-state index in [4.69, 9.17) is 9.15 Å². The predicted octanol–water partition coefficient (Wildman–Crippen LogP) is 6.98. The molecule has 1 aliphatic rings. The van der Waals surface area contributed by atoms with E-state index in [2.05, 4.69) is 20.6 Å². The van der Waals surface area contributed by atoms with Crippen LogP contribution in [0.2, 0.25) is 0 Å². The zero-order valence-corrected chi connectivity index (χ0v) is 28.6. The van der Waals surface area contributed by atoms with Crippen LogP contribution < -0.4 is 10.6 Å². The molecule has 2 aromatic heterocycles. The van der Waals surface area contributed by atoms with Gasteiger partial charge in [0.15, 0.2) is 0 Å². The van der Waals surface area contributed by atoms with E-state index in [9.17, 15) is 14.4 Å². The van der Waals surface area contributed by atoms with E-state index in [-0.39, 0.29) is 30.3 Å². The Bertz CT molecular complexity index is 1700. The van der Waals surface area contributed by atoms with Crippen molar-refractivity contribution in [1.82, 2.24) is 25.5 Å². The summed E-state index contributed by atoms with van der Waals surface area (Å²) in [4.78, 5) is 51.4. The Morgan fingerprint density at radius 1 is 1.11 bits per heavy atom. The summed E-state index contributed by atoms with van der Waals surface area (Å²) < 4.78 is 11.1. The minimum Gasteiger partial charge on any atom is -0.445 e. The van der Waals surface area contributed by atoms with Gasteiger partial charge in [0.2, 0.25) is 5.89 Å². The van der Waals surface area contributed by atoms with Crippen LogP contribution in [0.15, 0.2) is 70.8 Å². The summed E-state index contributed by atoms with van der Waals surface area (Å²) in [6, 6.07) is 14.8. The maximum Gasteiger partial charge on any atom is 0.408 e. The molecule has 3 amide bonds. The first-order valence-electron chi connectivity index (χ1n) is 15.9. The number of rotatable bonds is 10. The van der Waals surface area contributed by atoms with Gasteiger partial charge in [-0.1, -0.05) is 37.3 Å². The SMILES string of the molecule is Cc1csc([C@H]2CCCN2C(=O)c2cc(C(=O)NCC(C)[C@@](C)(Cc3ccccc3)NC(=O)OC(C)(C)C)cc(-c3ncco3)c2)n1. The van der Waals surface area contributed by atoms with Crippen LogP contribution in [0.3, 0.4) is 0 Å². The van der Waals surface area contributed by atoms with Crippen LogP contribution in [0.1, 0.15) is 90.5 Å². The standard InChI is InChI=1S/C36H43N5O5S/c1-23(36(6,20-25-11-8-7-9-12-25)40-34(44)46-35(3,4)5)21-38-30(42)26-17-27(31-37-14-16-45-31)19-28(18-26)33(43)41-15-10-13-29(41)32-39-24(2)22-47-32/h7-9,11-12,14,16-19,22-23,29H,10,13,15,20-21H2,1-6H3,(H,38,42)(H,40,44)/t23?,29-,36-/m1/s1. The Labute approximate surface area is 279 Å². The normalized spacial score (nSPS) is 16.7. The average Bonchev–Trinajstić information content (AvgIpc) is 3.81. The Kier molecular flexibility index (Phi) is 10.1. The van der Waals surface area contributed by atoms with Gasteiger partial charge in [-0.3, -0.25) is 9.59 Å². The monoisotopic (exact) mass is 657 g/mol. The van der Waals surface area contributed by atoms with Gasteiger partial charge in [-0.2, -0.15) is 0 Å². The fourth-order valence-corrected chi connectivity index (χ4v) is 6.74. The van der Waals surface area contributed by atoms with Crippen molar-refractivity contribution in [3.8, 4) is 11.5 Å². The Hall–Kier alpha value is -4.51. The van der Waals surface area contributed by atoms with Crippen LogP contribution in [0.4, 0.5) is 4.79 Å². The molecule has 2 aromatic carbocycles. The Morgan fingerprint density at radius 2 is 1.85 bits per heavy atom. The van der Waals surface area contributed by atoms with Crippen molar-refractivity contribution in [2.75, 3.05) is 13.1 Å². The fourth-order valence-electron chi connectivity index (χ4n) is 5.80. The molecular weight excluding hydrogens is 614 g/mol. The highest BCUT2D eigenvalue weighted by Gasteiger charge is 2.36. The van der Waals surface area contributed by atoms with Crippen LogP contribution in [0.5, 0.6) is 0 Å². The second kappa shape index (κ2) is 14.1. The predicted molar refractivity (Wildman–Crippen MR) is 181 cm³/mol. The number of hydrogen-bond acceptors (Lipinski definition) is 8. The van der Waals surface area contributed by atoms with Crippen LogP contribution >= 0.6 is 11.3 Å². The number of hydrogen-bond donors (Lipinski definition) is 2. The third-order valence-electron chi connectivity index (χ3n) is 8.41. The molecule has 1 saturated heterocycles. The van der Waals surface area contributed by atoms with Gasteiger partial charge in [-0.15, -0.1) is 11.3 Å². The minimum atomic E-state index is -0.753. The smallest absolute Gasteiger partial charge is 0.408 e. The number of nitrogens with zero attached hydrogens (tertiary/aromatic N) is 3. The molecule has 0 spiro atoms. The third-order valence-corrected chi connectivity index (χ3v) is 9.48. The topological polar surface area (TPSA) is 127 Å². The highest BCUT2D eigenvalue weighted by atomic mass is 32.1. The van der Waals surface area contributed by atoms with Crippen molar-refractivity contribution < 1.29 is 23.5 Å². The van der Waals surface area contributed by atoms with Gasteiger partial charge >= 0.3 is 6.09 Å². The van der Waals surface area contributed by atoms with Crippen molar-refractivity contribution in [3.05, 3.63) is 93.8 Å². The molecule has 0 saturated carbocycles. The molecule has 0 radical (unpaired) electrons. The lowest BCUT2D eigenvalue weighted by molar-refractivity contribution is 0.0426. The zero-order valence-electron chi connectivity index (χ0n) is 27.8. The maximum atomic E-state index is 14.0. The number of oxazole rings is 1. The van der Waals surface area contributed by atoms with E-state index in [0.29, 0.717) is 35.5 Å². The molecule has 4 aromatic rings. The zero-order chi connectivity index (χ0) is 33.8. The van der Waals surface area contributed by atoms with E-state index < -0.39 is 17.2 Å². The van der Waals surface area contributed by atoms with Crippen molar-refractivity contribution in [2.45, 2.75) is 78.0 Å². The summed E-state index contributed by atoms with van der Waals surface area (Å²) in [6.45, 7) is 12.2. The summed E-state index contributed by atoms with van der Waals surface area (Å²) in [5.74, 6) is -0.421. The molecule has 0 aliphatic carbocycles. The average molecular weight is 658 g/mol. The largest absolute Gasteiger partial charge is 0.445 e. The number of carbonyl (C=O) groups excluding carboxylic acids is 3. The molecule has 1 aliphatic heterocycles. The lowest BCUT2D eigenvalue weighted by atomic mass is 9.81. The molecule has 11 heteroatoms. The van der Waals surface area contributed by atoms with Crippen LogP contribution in [-0.2, 0) is 11.2 Å². The molecule has 47 heavy (non-hydrogen) atoms. The van der Waals surface area contributed by atoms with Gasteiger partial charge in [0.05, 0.1) is 12.2 Å². The second-order valence-corrected chi connectivity index (χ2v) is 14.3. The molecule has 248 valence electrons. The molecule has 3 atom stereocenters. The summed E-state index contributed by atoms with van der Waals surface area (Å²) in [7, 11) is 0. The quantitative estimate of drug-likeness (QED) is 0.189. The van der Waals surface area contributed by atoms with Gasteiger partial charge in [-0.05, 0) is 83.6 Å². The molecular formula is C36H43N5O5S. The van der Waals surface area contributed by atoms with Gasteiger partial charge in [0.1, 0.15) is 16.9 Å². The van der Waals surface area contributed by atoms with E-state index in [1.165, 1.54) is 12.5 Å². The fraction of sp³-hybridized carbons (Fsp3) is 0.417. The highest BCUT2D eigenvalue weighted by molar-refractivity contribution is 7.09. The molecule has 1 fully saturated rings. The first-order valence-corrected chi connectivity index (χ1v) is 16.8. The number of aromatic nitrogens is 2. The van der Waals surface area contributed by atoms with Gasteiger partial charge in [0.25, 0.3) is 11.8 Å². The van der Waals surface area contributed by atoms with Gasteiger partial charge in [-0.25, -0.2) is 14.8 Å². The number of nitrogens with one attached hydrogen (secondary N) is 2. The second-order valence-electron chi connectivity index (χ2n) is 13.4. The molecule has 0 bridgehead atoms. The van der Waals surface area contributed by atoms with Crippen LogP contribution in [0.25, 0.3) is 11.5 Å². The summed E-state index contributed by atoms with van der Waals surface area (Å²) >= 11 is 1.56. The molecule has 2 N–H and O–H groups in total. The molecule has 10 nitrogen and oxygen atoms in total. The number of carbonyl (C=O) groups is 3. The number of aryl methyl sites for hydroxylation is 1. The van der Waals surface area contributed by atoms with Gasteiger partial charge < -0.3 is 24.7 Å². The number of alkyl carbamates (subject to hydrolysis) is 1. The Balaban J connectivity index is 1.37. The van der Waals surface area contributed by atoms with Crippen molar-refractivity contribution in [3.63, 3.8) is 0 Å². The maximum absolute atomic E-state index is 14.0. The van der Waals surface area contributed by atoms with Gasteiger partial charge in [0, 0.05) is 46.4 Å². The molecule has 5 rings (SSSR count). The lowest BCUT2D eigenvalue weighted by Gasteiger charge is -2.37. The van der Waals surface area contributed by atoms with E-state index >= 15 is 0 Å². The summed E-state index contributed by atoms with van der Waals surface area (Å²) in [5, 5.41) is 9.03. The van der Waals surface area contributed by atoms with E-state index in [1.54, 1.807) is 29.5 Å². The summed E-state index contributed by atoms with van der Waals surface area (Å²) in [6.07, 6.45) is 4.69. The number of thiazole rings is 1. The molecule has 1 unspecified atom stereocenters. The highest BCUT2D eigenvalue weighted by Crippen LogP contribution is 2.35. The van der Waals surface area contributed by atoms with E-state index in [1.807, 2.05) is 82.2 Å². The van der Waals surface area contributed by atoms with Crippen molar-refractivity contribution >= 4 is 29.2 Å². The van der Waals surface area contributed by atoms with Crippen LogP contribution in [-0.4, -0.2) is 57.0 Å². The van der Waals surface area contributed by atoms with Crippen molar-refractivity contribution in [2.24, 2.45) is 5.92 Å². The molecule has 3 heterocycles. The Morgan fingerprint density at radius 3 is 2.51 bits per heavy atom. The number of benzene rings is 2. The number of ether oxygens (including phenoxy) is 1. The lowest BCUT2D eigenvalue weighted by Crippen LogP contribution is -2.56. The van der Waals surface area contributed by atoms with Crippen LogP contribution in [0, 0.1) is 12.8 Å². The van der Waals surface area contributed by atoms with Crippen molar-refractivity contribution in [1.29, 1.82) is 0 Å². The summed E-state index contributed by atoms with van der Waals surface area (Å²) in [5.41, 5.74) is 1.77. The first kappa shape index (κ1) is 33.8. The van der Waals surface area contributed by atoms with E-state index in [0.717, 1.165) is 29.1 Å². The first-order chi connectivity index (χ1) is 22.3. The minimum absolute atomic E-state index is 0.107.